The molecule has 0 fully saturated rings. The third-order valence-electron chi connectivity index (χ3n) is 12.9. The van der Waals surface area contributed by atoms with E-state index in [9.17, 15) is 14.7 Å². The van der Waals surface area contributed by atoms with Gasteiger partial charge in [-0.15, -0.1) is 0 Å². The van der Waals surface area contributed by atoms with Gasteiger partial charge < -0.3 is 44.2 Å². The van der Waals surface area contributed by atoms with Crippen molar-refractivity contribution in [3.8, 4) is 23.0 Å². The Morgan fingerprint density at radius 3 is 1.43 bits per heavy atom. The third kappa shape index (κ3) is 14.1. The average Bonchev–Trinajstić information content (AvgIpc) is 3.41. The Labute approximate surface area is 458 Å². The lowest BCUT2D eigenvalue weighted by Crippen LogP contribution is -2.34. The van der Waals surface area contributed by atoms with Gasteiger partial charge >= 0.3 is 5.97 Å². The first-order valence-corrected chi connectivity index (χ1v) is 26.1. The fourth-order valence-electron chi connectivity index (χ4n) is 9.42. The second kappa shape index (κ2) is 26.2. The molecule has 0 radical (unpaired) electrons. The summed E-state index contributed by atoms with van der Waals surface area (Å²) < 4.78 is 35.8. The summed E-state index contributed by atoms with van der Waals surface area (Å²) in [6.45, 7) is 7.95. The molecule has 2 amide bonds. The molecule has 0 saturated heterocycles. The van der Waals surface area contributed by atoms with E-state index in [1.54, 1.807) is 97.1 Å². The maximum atomic E-state index is 15.2. The topological polar surface area (TPSA) is 151 Å². The number of fused-ring (bicyclic) bond motifs is 6. The number of hydrogen-bond donors (Lipinski definition) is 3. The van der Waals surface area contributed by atoms with Crippen molar-refractivity contribution in [3.63, 3.8) is 0 Å². The van der Waals surface area contributed by atoms with E-state index in [4.69, 9.17) is 63.2 Å². The minimum atomic E-state index is -1.15. The highest BCUT2D eigenvalue weighted by atomic mass is 35.5. The number of para-hydroxylation sites is 2. The molecule has 7 aromatic rings. The van der Waals surface area contributed by atoms with Crippen LogP contribution < -0.4 is 24.8 Å². The van der Waals surface area contributed by atoms with Crippen molar-refractivity contribution in [2.75, 3.05) is 63.5 Å². The van der Waals surface area contributed by atoms with E-state index in [0.717, 1.165) is 27.8 Å². The molecule has 1 aliphatic rings. The Bertz CT molecular complexity index is 3020. The van der Waals surface area contributed by atoms with E-state index in [0.29, 0.717) is 77.0 Å². The summed E-state index contributed by atoms with van der Waals surface area (Å²) in [5, 5.41) is 19.3. The van der Waals surface area contributed by atoms with Gasteiger partial charge in [-0.1, -0.05) is 115 Å². The second-order valence-corrected chi connectivity index (χ2v) is 20.0. The summed E-state index contributed by atoms with van der Waals surface area (Å²) in [7, 11) is 0. The van der Waals surface area contributed by atoms with Crippen molar-refractivity contribution in [3.05, 3.63) is 211 Å². The largest absolute Gasteiger partial charge is 0.505 e. The molecule has 7 aromatic carbocycles. The predicted octanol–water partition coefficient (Wildman–Crippen LogP) is 13.0. The van der Waals surface area contributed by atoms with Crippen molar-refractivity contribution in [2.45, 2.75) is 45.4 Å². The normalized spacial score (nSPS) is 15.6. The predicted molar refractivity (Wildman–Crippen MR) is 297 cm³/mol. The van der Waals surface area contributed by atoms with Crippen LogP contribution in [-0.4, -0.2) is 75.7 Å². The van der Waals surface area contributed by atoms with Gasteiger partial charge in [0.25, 0.3) is 11.8 Å². The first-order valence-electron chi connectivity index (χ1n) is 25.0. The second-order valence-electron chi connectivity index (χ2n) is 18.6. The van der Waals surface area contributed by atoms with E-state index in [1.807, 2.05) is 69.3 Å². The van der Waals surface area contributed by atoms with Crippen molar-refractivity contribution < 1.29 is 47.9 Å². The molecule has 0 saturated carbocycles. The minimum absolute atomic E-state index is 0.0845. The zero-order valence-electron chi connectivity index (χ0n) is 42.5. The first-order chi connectivity index (χ1) is 36.8. The van der Waals surface area contributed by atoms with E-state index in [1.165, 1.54) is 0 Å². The minimum Gasteiger partial charge on any atom is -0.505 e. The number of anilines is 2. The molecule has 76 heavy (non-hydrogen) atoms. The molecule has 15 heteroatoms. The van der Waals surface area contributed by atoms with Gasteiger partial charge in [0.15, 0.2) is 5.75 Å². The number of amides is 2. The van der Waals surface area contributed by atoms with Crippen LogP contribution in [0.5, 0.6) is 23.0 Å². The van der Waals surface area contributed by atoms with Gasteiger partial charge in [0.2, 0.25) is 0 Å². The molecule has 1 aliphatic heterocycles. The molecule has 12 nitrogen and oxygen atoms in total. The molecule has 1 atom stereocenters. The number of aryl methyl sites for hydroxylation is 2. The maximum Gasteiger partial charge on any atom is 0.312 e. The zero-order chi connectivity index (χ0) is 53.6. The van der Waals surface area contributed by atoms with Crippen LogP contribution in [0, 0.1) is 19.8 Å². The number of rotatable bonds is 6. The summed E-state index contributed by atoms with van der Waals surface area (Å²) in [6.07, 6.45) is 0.471. The van der Waals surface area contributed by atoms with E-state index in [-0.39, 0.29) is 72.8 Å². The highest BCUT2D eigenvalue weighted by molar-refractivity contribution is 6.31. The standard InChI is InChI=1S/C61H59Cl3N2O10/c1-39-32-42-33-40(2)36-52(57(42)68)65-59(69)50-8-4-6-10-54(50)74-30-28-72-26-24-71-25-27-73-29-31-75-55-11-7-5-9-51(55)60(70)66-53-37-41(3)35-43(34-39)58(53)76-56(67)38-61(44-12-18-47(62)19-13-44,45-14-20-48(63)21-15-45)46-16-22-49(64)23-17-46/h4-23,33,35-37,39,68H,24-32,34,38H2,1-3H3,(H,65,69)(H,66,70). The molecule has 3 N–H and O–H groups in total. The Morgan fingerprint density at radius 2 is 0.961 bits per heavy atom. The van der Waals surface area contributed by atoms with Crippen molar-refractivity contribution >= 4 is 64.0 Å². The van der Waals surface area contributed by atoms with Gasteiger partial charge in [-0.2, -0.15) is 0 Å². The number of benzene rings is 7. The fourth-order valence-corrected chi connectivity index (χ4v) is 9.80. The highest BCUT2D eigenvalue weighted by Crippen LogP contribution is 2.45. The molecule has 1 unspecified atom stereocenters. The number of ether oxygens (including phenoxy) is 6. The zero-order valence-corrected chi connectivity index (χ0v) is 44.7. The molecular formula is C61H59Cl3N2O10. The smallest absolute Gasteiger partial charge is 0.312 e. The molecular weight excluding hydrogens is 1030 g/mol. The lowest BCUT2D eigenvalue weighted by atomic mass is 9.67. The molecule has 0 spiro atoms. The Balaban J connectivity index is 1.17. The average molecular weight is 1090 g/mol. The Morgan fingerprint density at radius 1 is 0.566 bits per heavy atom. The van der Waals surface area contributed by atoms with Crippen molar-refractivity contribution in [2.24, 2.45) is 5.92 Å². The molecule has 8 rings (SSSR count). The monoisotopic (exact) mass is 1080 g/mol. The Kier molecular flexibility index (Phi) is 19.1. The van der Waals surface area contributed by atoms with E-state index < -0.39 is 23.2 Å². The van der Waals surface area contributed by atoms with E-state index in [2.05, 4.69) is 10.6 Å². The number of esters is 1. The van der Waals surface area contributed by atoms with Crippen LogP contribution >= 0.6 is 34.8 Å². The number of carbonyl (C=O) groups is 3. The lowest BCUT2D eigenvalue weighted by molar-refractivity contribution is -0.135. The summed E-state index contributed by atoms with van der Waals surface area (Å²) in [6, 6.07) is 43.0. The quantitative estimate of drug-likeness (QED) is 0.0635. The fraction of sp³-hybridized carbons (Fsp3) is 0.262. The molecule has 1 heterocycles. The van der Waals surface area contributed by atoms with Crippen LogP contribution in [0.2, 0.25) is 15.1 Å². The summed E-state index contributed by atoms with van der Waals surface area (Å²) in [5.74, 6) is -1.02. The number of phenolic OH excluding ortho intramolecular Hbond substituents is 1. The summed E-state index contributed by atoms with van der Waals surface area (Å²) in [5.41, 5.74) is 4.93. The third-order valence-corrected chi connectivity index (χ3v) is 13.6. The molecule has 0 aromatic heterocycles. The van der Waals surface area contributed by atoms with Crippen LogP contribution in [0.25, 0.3) is 0 Å². The SMILES string of the molecule is Cc1cc2c(O)c(c1)NC(=O)c1ccccc1OCCOCCOCCOCCOc1ccccc1C(=O)Nc1cc(C)cc(c1OC(=O)CC(c1ccc(Cl)cc1)(c1ccc(Cl)cc1)c1ccc(Cl)cc1)CC(C)C2. The maximum absolute atomic E-state index is 15.2. The van der Waals surface area contributed by atoms with Crippen LogP contribution in [0.15, 0.2) is 146 Å². The van der Waals surface area contributed by atoms with Gasteiger partial charge in [-0.25, -0.2) is 0 Å². The molecule has 0 aliphatic carbocycles. The highest BCUT2D eigenvalue weighted by Gasteiger charge is 2.40. The number of nitrogens with one attached hydrogen (secondary N) is 2. The molecule has 394 valence electrons. The van der Waals surface area contributed by atoms with Gasteiger partial charge in [0.05, 0.1) is 74.0 Å². The van der Waals surface area contributed by atoms with E-state index >= 15 is 4.79 Å². The lowest BCUT2D eigenvalue weighted by Gasteiger charge is -2.35. The van der Waals surface area contributed by atoms with Crippen molar-refractivity contribution in [1.82, 2.24) is 0 Å². The summed E-state index contributed by atoms with van der Waals surface area (Å²) >= 11 is 19.4. The van der Waals surface area contributed by atoms with Gasteiger partial charge in [0.1, 0.15) is 30.5 Å². The number of phenols is 1. The van der Waals surface area contributed by atoms with Crippen LogP contribution in [0.4, 0.5) is 11.4 Å². The van der Waals surface area contributed by atoms with Crippen LogP contribution in [0.1, 0.15) is 73.0 Å². The molecule has 4 bridgehead atoms. The van der Waals surface area contributed by atoms with Crippen LogP contribution in [0.3, 0.4) is 0 Å². The van der Waals surface area contributed by atoms with Crippen LogP contribution in [-0.2, 0) is 37.3 Å². The number of halogens is 3. The van der Waals surface area contributed by atoms with Gasteiger partial charge in [-0.05, 0) is 144 Å². The number of hydrogen-bond acceptors (Lipinski definition) is 10. The first kappa shape index (κ1) is 55.3. The van der Waals surface area contributed by atoms with Crippen molar-refractivity contribution in [1.29, 1.82) is 0 Å². The Hall–Kier alpha value is -6.90. The van der Waals surface area contributed by atoms with Gasteiger partial charge in [0, 0.05) is 15.1 Å². The number of aromatic hydroxyl groups is 1. The van der Waals surface area contributed by atoms with Gasteiger partial charge in [-0.3, -0.25) is 14.4 Å². The number of carbonyl (C=O) groups excluding carboxylic acids is 3. The summed E-state index contributed by atoms with van der Waals surface area (Å²) in [4.78, 5) is 43.6.